The molecule has 0 saturated carbocycles. The minimum Gasteiger partial charge on any atom is -0.373 e. The molecule has 0 fully saturated rings. The van der Waals surface area contributed by atoms with Crippen molar-refractivity contribution in [3.8, 4) is 0 Å². The molecule has 18 heavy (non-hydrogen) atoms. The Morgan fingerprint density at radius 2 is 2.00 bits per heavy atom. The number of aromatic nitrogens is 4. The van der Waals surface area contributed by atoms with Crippen molar-refractivity contribution in [2.45, 2.75) is 20.4 Å². The van der Waals surface area contributed by atoms with Crippen LogP contribution < -0.4 is 10.6 Å². The summed E-state index contributed by atoms with van der Waals surface area (Å²) in [5.74, 6) is 2.40. The third-order valence-corrected chi connectivity index (χ3v) is 2.50. The van der Waals surface area contributed by atoms with Gasteiger partial charge in [0, 0.05) is 25.9 Å². The summed E-state index contributed by atoms with van der Waals surface area (Å²) in [4.78, 5) is 8.57. The van der Waals surface area contributed by atoms with Crippen LogP contribution in [0.3, 0.4) is 0 Å². The van der Waals surface area contributed by atoms with E-state index in [-0.39, 0.29) is 0 Å². The van der Waals surface area contributed by atoms with Gasteiger partial charge in [-0.25, -0.2) is 9.97 Å². The lowest BCUT2D eigenvalue weighted by Gasteiger charge is -2.08. The molecule has 0 radical (unpaired) electrons. The highest BCUT2D eigenvalue weighted by Crippen LogP contribution is 2.09. The molecule has 0 spiro atoms. The average molecular weight is 246 g/mol. The van der Waals surface area contributed by atoms with Gasteiger partial charge in [0.2, 0.25) is 0 Å². The second-order valence-corrected chi connectivity index (χ2v) is 4.14. The number of nitrogens with one attached hydrogen (secondary N) is 2. The molecule has 0 aliphatic carbocycles. The van der Waals surface area contributed by atoms with Crippen LogP contribution >= 0.6 is 0 Å². The van der Waals surface area contributed by atoms with Crippen molar-refractivity contribution in [2.75, 3.05) is 24.2 Å². The molecule has 2 rings (SSSR count). The van der Waals surface area contributed by atoms with E-state index in [2.05, 4.69) is 25.7 Å². The van der Waals surface area contributed by atoms with E-state index in [1.165, 1.54) is 5.56 Å². The Kier molecular flexibility index (Phi) is 3.76. The van der Waals surface area contributed by atoms with Crippen LogP contribution in [0.15, 0.2) is 18.5 Å². The zero-order chi connectivity index (χ0) is 13.0. The van der Waals surface area contributed by atoms with Crippen LogP contribution in [0.2, 0.25) is 0 Å². The van der Waals surface area contributed by atoms with Crippen LogP contribution in [0.5, 0.6) is 0 Å². The molecular weight excluding hydrogens is 228 g/mol. The summed E-state index contributed by atoms with van der Waals surface area (Å²) in [6, 6.07) is 1.89. The number of hydrogen-bond acceptors (Lipinski definition) is 5. The Morgan fingerprint density at radius 3 is 2.67 bits per heavy atom. The molecule has 2 heterocycles. The average Bonchev–Trinajstić information content (AvgIpc) is 2.74. The summed E-state index contributed by atoms with van der Waals surface area (Å²) in [6.07, 6.45) is 3.87. The standard InChI is InChI=1S/C12H18N6/c1-9-7-15-18(8-9)5-4-14-12-6-11(13-3)16-10(2)17-12/h6-8H,4-5H2,1-3H3,(H2,13,14,16,17). The van der Waals surface area contributed by atoms with Crippen molar-refractivity contribution in [1.82, 2.24) is 19.7 Å². The first-order valence-electron chi connectivity index (χ1n) is 5.94. The van der Waals surface area contributed by atoms with E-state index in [1.54, 1.807) is 0 Å². The molecule has 0 unspecified atom stereocenters. The van der Waals surface area contributed by atoms with Gasteiger partial charge in [-0.05, 0) is 19.4 Å². The van der Waals surface area contributed by atoms with Crippen LogP contribution in [0.1, 0.15) is 11.4 Å². The maximum absolute atomic E-state index is 4.33. The number of hydrogen-bond donors (Lipinski definition) is 2. The van der Waals surface area contributed by atoms with Gasteiger partial charge in [-0.1, -0.05) is 0 Å². The lowest BCUT2D eigenvalue weighted by Crippen LogP contribution is -2.12. The summed E-state index contributed by atoms with van der Waals surface area (Å²) in [5, 5.41) is 10.5. The summed E-state index contributed by atoms with van der Waals surface area (Å²) in [6.45, 7) is 5.50. The fourth-order valence-electron chi connectivity index (χ4n) is 1.67. The van der Waals surface area contributed by atoms with E-state index in [9.17, 15) is 0 Å². The molecule has 2 N–H and O–H groups in total. The van der Waals surface area contributed by atoms with E-state index < -0.39 is 0 Å². The van der Waals surface area contributed by atoms with Gasteiger partial charge >= 0.3 is 0 Å². The van der Waals surface area contributed by atoms with Crippen LogP contribution in [0.4, 0.5) is 11.6 Å². The molecule has 0 aliphatic heterocycles. The van der Waals surface area contributed by atoms with Crippen LogP contribution in [-0.4, -0.2) is 33.3 Å². The minimum atomic E-state index is 0.749. The van der Waals surface area contributed by atoms with Crippen LogP contribution in [-0.2, 0) is 6.54 Å². The summed E-state index contributed by atoms with van der Waals surface area (Å²) in [7, 11) is 1.85. The van der Waals surface area contributed by atoms with Gasteiger partial charge in [0.05, 0.1) is 12.7 Å². The molecule has 0 atom stereocenters. The molecule has 0 aliphatic rings. The highest BCUT2D eigenvalue weighted by atomic mass is 15.3. The fraction of sp³-hybridized carbons (Fsp3) is 0.417. The van der Waals surface area contributed by atoms with Crippen molar-refractivity contribution in [3.05, 3.63) is 29.8 Å². The zero-order valence-electron chi connectivity index (χ0n) is 10.9. The largest absolute Gasteiger partial charge is 0.373 e. The zero-order valence-corrected chi connectivity index (χ0v) is 10.9. The number of aryl methyl sites for hydroxylation is 2. The Balaban J connectivity index is 1.91. The normalized spacial score (nSPS) is 10.4. The number of nitrogens with zero attached hydrogens (tertiary/aromatic N) is 4. The van der Waals surface area contributed by atoms with Crippen LogP contribution in [0, 0.1) is 13.8 Å². The maximum atomic E-state index is 4.33. The molecule has 0 aromatic carbocycles. The molecule has 2 aromatic rings. The van der Waals surface area contributed by atoms with Gasteiger partial charge in [0.25, 0.3) is 0 Å². The van der Waals surface area contributed by atoms with E-state index in [1.807, 2.05) is 44.0 Å². The van der Waals surface area contributed by atoms with E-state index >= 15 is 0 Å². The van der Waals surface area contributed by atoms with Gasteiger partial charge in [-0.15, -0.1) is 0 Å². The Hall–Kier alpha value is -2.11. The van der Waals surface area contributed by atoms with Gasteiger partial charge < -0.3 is 10.6 Å². The Bertz CT molecular complexity index is 519. The molecule has 0 saturated heterocycles. The Morgan fingerprint density at radius 1 is 1.22 bits per heavy atom. The maximum Gasteiger partial charge on any atom is 0.131 e. The summed E-state index contributed by atoms with van der Waals surface area (Å²) >= 11 is 0. The third kappa shape index (κ3) is 3.19. The van der Waals surface area contributed by atoms with Gasteiger partial charge in [0.15, 0.2) is 0 Å². The number of anilines is 2. The summed E-state index contributed by atoms with van der Waals surface area (Å²) in [5.41, 5.74) is 1.17. The van der Waals surface area contributed by atoms with Crippen molar-refractivity contribution >= 4 is 11.6 Å². The monoisotopic (exact) mass is 246 g/mol. The van der Waals surface area contributed by atoms with Crippen molar-refractivity contribution in [2.24, 2.45) is 0 Å². The molecule has 6 nitrogen and oxygen atoms in total. The van der Waals surface area contributed by atoms with Crippen LogP contribution in [0.25, 0.3) is 0 Å². The topological polar surface area (TPSA) is 67.7 Å². The fourth-order valence-corrected chi connectivity index (χ4v) is 1.67. The molecular formula is C12H18N6. The second kappa shape index (κ2) is 5.48. The van der Waals surface area contributed by atoms with Crippen molar-refractivity contribution < 1.29 is 0 Å². The highest BCUT2D eigenvalue weighted by molar-refractivity contribution is 5.46. The molecule has 6 heteroatoms. The predicted octanol–water partition coefficient (Wildman–Crippen LogP) is 1.44. The number of rotatable bonds is 5. The first kappa shape index (κ1) is 12.3. The molecule has 96 valence electrons. The second-order valence-electron chi connectivity index (χ2n) is 4.14. The molecule has 2 aromatic heterocycles. The quantitative estimate of drug-likeness (QED) is 0.835. The smallest absolute Gasteiger partial charge is 0.131 e. The minimum absolute atomic E-state index is 0.749. The summed E-state index contributed by atoms with van der Waals surface area (Å²) < 4.78 is 1.91. The van der Waals surface area contributed by atoms with E-state index in [0.29, 0.717) is 0 Å². The SMILES string of the molecule is CNc1cc(NCCn2cc(C)cn2)nc(C)n1. The van der Waals surface area contributed by atoms with Crippen molar-refractivity contribution in [1.29, 1.82) is 0 Å². The van der Waals surface area contributed by atoms with Gasteiger partial charge in [-0.3, -0.25) is 4.68 Å². The predicted molar refractivity (Wildman–Crippen MR) is 71.8 cm³/mol. The van der Waals surface area contributed by atoms with Gasteiger partial charge in [0.1, 0.15) is 17.5 Å². The molecule has 0 bridgehead atoms. The lowest BCUT2D eigenvalue weighted by atomic mass is 10.4. The highest BCUT2D eigenvalue weighted by Gasteiger charge is 2.00. The van der Waals surface area contributed by atoms with Gasteiger partial charge in [-0.2, -0.15) is 5.10 Å². The van der Waals surface area contributed by atoms with E-state index in [4.69, 9.17) is 0 Å². The third-order valence-electron chi connectivity index (χ3n) is 2.50. The molecule has 0 amide bonds. The van der Waals surface area contributed by atoms with Crippen molar-refractivity contribution in [3.63, 3.8) is 0 Å². The first-order valence-corrected chi connectivity index (χ1v) is 5.94. The lowest BCUT2D eigenvalue weighted by molar-refractivity contribution is 0.636. The van der Waals surface area contributed by atoms with E-state index in [0.717, 1.165) is 30.5 Å². The first-order chi connectivity index (χ1) is 8.67. The Labute approximate surface area is 106 Å².